The first kappa shape index (κ1) is 14.2. The van der Waals surface area contributed by atoms with Gasteiger partial charge in [-0.1, -0.05) is 19.8 Å². The lowest BCUT2D eigenvalue weighted by Gasteiger charge is -2.11. The molecular formula is C13H18N2O3. The Labute approximate surface area is 106 Å². The first-order chi connectivity index (χ1) is 8.54. The molecule has 1 rings (SSSR count). The zero-order chi connectivity index (χ0) is 13.5. The van der Waals surface area contributed by atoms with E-state index in [9.17, 15) is 9.59 Å². The number of amides is 1. The minimum absolute atomic E-state index is 0.184. The summed E-state index contributed by atoms with van der Waals surface area (Å²) in [6.45, 7) is 2.04. The Hall–Kier alpha value is -1.88. The molecule has 1 aromatic carbocycles. The Kier molecular flexibility index (Phi) is 5.32. The zero-order valence-electron chi connectivity index (χ0n) is 10.3. The first-order valence-electron chi connectivity index (χ1n) is 5.94. The molecule has 0 aromatic heterocycles. The van der Waals surface area contributed by atoms with Crippen LogP contribution in [0.15, 0.2) is 24.3 Å². The van der Waals surface area contributed by atoms with Crippen molar-refractivity contribution in [1.29, 1.82) is 0 Å². The maximum Gasteiger partial charge on any atom is 0.335 e. The Morgan fingerprint density at radius 2 is 1.94 bits per heavy atom. The van der Waals surface area contributed by atoms with Crippen LogP contribution in [0, 0.1) is 0 Å². The quantitative estimate of drug-likeness (QED) is 0.718. The Bertz CT molecular complexity index is 415. The molecule has 1 atom stereocenters. The van der Waals surface area contributed by atoms with Crippen LogP contribution in [-0.2, 0) is 4.79 Å². The van der Waals surface area contributed by atoms with E-state index in [1.807, 2.05) is 6.92 Å². The van der Waals surface area contributed by atoms with Gasteiger partial charge < -0.3 is 16.2 Å². The van der Waals surface area contributed by atoms with Crippen LogP contribution in [0.2, 0.25) is 0 Å². The lowest BCUT2D eigenvalue weighted by Crippen LogP contribution is -2.35. The summed E-state index contributed by atoms with van der Waals surface area (Å²) in [4.78, 5) is 22.3. The van der Waals surface area contributed by atoms with E-state index >= 15 is 0 Å². The van der Waals surface area contributed by atoms with Crippen molar-refractivity contribution >= 4 is 17.6 Å². The number of unbranched alkanes of at least 4 members (excludes halogenated alkanes) is 1. The summed E-state index contributed by atoms with van der Waals surface area (Å²) in [6.07, 6.45) is 2.55. The van der Waals surface area contributed by atoms with Gasteiger partial charge in [-0.15, -0.1) is 0 Å². The minimum atomic E-state index is -0.993. The SMILES string of the molecule is CCCCC(N)C(=O)Nc1ccc(C(=O)O)cc1. The Morgan fingerprint density at radius 1 is 1.33 bits per heavy atom. The van der Waals surface area contributed by atoms with Gasteiger partial charge in [0.2, 0.25) is 5.91 Å². The van der Waals surface area contributed by atoms with Gasteiger partial charge in [0, 0.05) is 5.69 Å². The van der Waals surface area contributed by atoms with Crippen molar-refractivity contribution in [2.45, 2.75) is 32.2 Å². The highest BCUT2D eigenvalue weighted by Gasteiger charge is 2.12. The largest absolute Gasteiger partial charge is 0.478 e. The maximum absolute atomic E-state index is 11.7. The number of anilines is 1. The highest BCUT2D eigenvalue weighted by molar-refractivity contribution is 5.95. The third-order valence-electron chi connectivity index (χ3n) is 2.60. The second kappa shape index (κ2) is 6.76. The standard InChI is InChI=1S/C13H18N2O3/c1-2-3-4-11(14)12(16)15-10-7-5-9(6-8-10)13(17)18/h5-8,11H,2-4,14H2,1H3,(H,15,16)(H,17,18). The van der Waals surface area contributed by atoms with Crippen LogP contribution in [0.4, 0.5) is 5.69 Å². The van der Waals surface area contributed by atoms with Crippen LogP contribution in [0.1, 0.15) is 36.5 Å². The van der Waals surface area contributed by atoms with E-state index in [2.05, 4.69) is 5.32 Å². The normalized spacial score (nSPS) is 11.9. The number of carboxylic acids is 1. The van der Waals surface area contributed by atoms with Crippen LogP contribution < -0.4 is 11.1 Å². The smallest absolute Gasteiger partial charge is 0.335 e. The molecule has 4 N–H and O–H groups in total. The van der Waals surface area contributed by atoms with E-state index in [1.165, 1.54) is 12.1 Å². The summed E-state index contributed by atoms with van der Waals surface area (Å²) in [5.74, 6) is -1.24. The average Bonchev–Trinajstić information content (AvgIpc) is 2.36. The summed E-state index contributed by atoms with van der Waals surface area (Å²) in [5.41, 5.74) is 6.46. The predicted octanol–water partition coefficient (Wildman–Crippen LogP) is 1.84. The van der Waals surface area contributed by atoms with Crippen LogP contribution in [0.25, 0.3) is 0 Å². The van der Waals surface area contributed by atoms with Crippen LogP contribution in [-0.4, -0.2) is 23.0 Å². The molecule has 0 aliphatic heterocycles. The number of carboxylic acid groups (broad SMARTS) is 1. The molecule has 0 spiro atoms. The highest BCUT2D eigenvalue weighted by atomic mass is 16.4. The Balaban J connectivity index is 2.56. The molecule has 0 radical (unpaired) electrons. The van der Waals surface area contributed by atoms with E-state index in [-0.39, 0.29) is 11.5 Å². The van der Waals surface area contributed by atoms with Gasteiger partial charge in [0.1, 0.15) is 0 Å². The maximum atomic E-state index is 11.7. The molecule has 0 saturated carbocycles. The topological polar surface area (TPSA) is 92.4 Å². The lowest BCUT2D eigenvalue weighted by atomic mass is 10.1. The number of hydrogen-bond donors (Lipinski definition) is 3. The molecule has 0 saturated heterocycles. The number of nitrogens with one attached hydrogen (secondary N) is 1. The van der Waals surface area contributed by atoms with Crippen LogP contribution in [0.3, 0.4) is 0 Å². The van der Waals surface area contributed by atoms with Crippen molar-refractivity contribution in [1.82, 2.24) is 0 Å². The van der Waals surface area contributed by atoms with Crippen molar-refractivity contribution in [2.75, 3.05) is 5.32 Å². The molecule has 1 unspecified atom stereocenters. The van der Waals surface area contributed by atoms with Crippen molar-refractivity contribution in [3.63, 3.8) is 0 Å². The van der Waals surface area contributed by atoms with Crippen LogP contribution >= 0.6 is 0 Å². The molecule has 1 amide bonds. The summed E-state index contributed by atoms with van der Waals surface area (Å²) in [6, 6.07) is 5.46. The van der Waals surface area contributed by atoms with Crippen molar-refractivity contribution < 1.29 is 14.7 Å². The third kappa shape index (κ3) is 4.18. The van der Waals surface area contributed by atoms with E-state index in [1.54, 1.807) is 12.1 Å². The van der Waals surface area contributed by atoms with Gasteiger partial charge >= 0.3 is 5.97 Å². The number of aromatic carboxylic acids is 1. The van der Waals surface area contributed by atoms with Gasteiger partial charge in [0.25, 0.3) is 0 Å². The van der Waals surface area contributed by atoms with Gasteiger partial charge in [0.05, 0.1) is 11.6 Å². The van der Waals surface area contributed by atoms with Gasteiger partial charge in [0.15, 0.2) is 0 Å². The summed E-state index contributed by atoms with van der Waals surface area (Å²) >= 11 is 0. The molecule has 5 heteroatoms. The molecule has 1 aromatic rings. The van der Waals surface area contributed by atoms with Crippen molar-refractivity contribution in [3.8, 4) is 0 Å². The molecule has 18 heavy (non-hydrogen) atoms. The summed E-state index contributed by atoms with van der Waals surface area (Å²) in [5, 5.41) is 11.4. The molecule has 5 nitrogen and oxygen atoms in total. The van der Waals surface area contributed by atoms with E-state index in [4.69, 9.17) is 10.8 Å². The van der Waals surface area contributed by atoms with E-state index < -0.39 is 12.0 Å². The molecule has 98 valence electrons. The predicted molar refractivity (Wildman–Crippen MR) is 69.5 cm³/mol. The molecular weight excluding hydrogens is 232 g/mol. The molecule has 0 bridgehead atoms. The highest BCUT2D eigenvalue weighted by Crippen LogP contribution is 2.10. The zero-order valence-corrected chi connectivity index (χ0v) is 10.3. The third-order valence-corrected chi connectivity index (χ3v) is 2.60. The monoisotopic (exact) mass is 250 g/mol. The van der Waals surface area contributed by atoms with Gasteiger partial charge in [-0.2, -0.15) is 0 Å². The molecule has 0 fully saturated rings. The fourth-order valence-corrected chi connectivity index (χ4v) is 1.49. The van der Waals surface area contributed by atoms with Crippen molar-refractivity contribution in [3.05, 3.63) is 29.8 Å². The fourth-order valence-electron chi connectivity index (χ4n) is 1.49. The molecule has 0 aliphatic rings. The number of carbonyl (C=O) groups is 2. The van der Waals surface area contributed by atoms with Crippen molar-refractivity contribution in [2.24, 2.45) is 5.73 Å². The van der Waals surface area contributed by atoms with E-state index in [0.717, 1.165) is 12.8 Å². The van der Waals surface area contributed by atoms with E-state index in [0.29, 0.717) is 12.1 Å². The first-order valence-corrected chi connectivity index (χ1v) is 5.94. The lowest BCUT2D eigenvalue weighted by molar-refractivity contribution is -0.117. The Morgan fingerprint density at radius 3 is 2.44 bits per heavy atom. The number of carbonyl (C=O) groups excluding carboxylic acids is 1. The van der Waals surface area contributed by atoms with Gasteiger partial charge in [-0.3, -0.25) is 4.79 Å². The summed E-state index contributed by atoms with van der Waals surface area (Å²) < 4.78 is 0. The minimum Gasteiger partial charge on any atom is -0.478 e. The number of benzene rings is 1. The second-order valence-corrected chi connectivity index (χ2v) is 4.12. The van der Waals surface area contributed by atoms with Crippen LogP contribution in [0.5, 0.6) is 0 Å². The van der Waals surface area contributed by atoms with Gasteiger partial charge in [-0.25, -0.2) is 4.79 Å². The molecule has 0 aliphatic carbocycles. The second-order valence-electron chi connectivity index (χ2n) is 4.12. The average molecular weight is 250 g/mol. The molecule has 0 heterocycles. The van der Waals surface area contributed by atoms with Gasteiger partial charge in [-0.05, 0) is 30.7 Å². The fraction of sp³-hybridized carbons (Fsp3) is 0.385. The summed E-state index contributed by atoms with van der Waals surface area (Å²) in [7, 11) is 0. The number of nitrogens with two attached hydrogens (primary N) is 1. The number of hydrogen-bond acceptors (Lipinski definition) is 3. The number of rotatable bonds is 6.